The number of aromatic nitrogens is 1. The summed E-state index contributed by atoms with van der Waals surface area (Å²) in [5, 5.41) is 0. The largest absolute Gasteiger partial charge is 0.488 e. The molecule has 7 heteroatoms. The van der Waals surface area contributed by atoms with Crippen LogP contribution in [0.3, 0.4) is 0 Å². The third-order valence-electron chi connectivity index (χ3n) is 4.69. The van der Waals surface area contributed by atoms with Crippen LogP contribution in [0.15, 0.2) is 53.8 Å². The van der Waals surface area contributed by atoms with Crippen LogP contribution in [0.5, 0.6) is 5.75 Å². The highest BCUT2D eigenvalue weighted by Gasteiger charge is 2.19. The van der Waals surface area contributed by atoms with E-state index in [0.717, 1.165) is 24.3 Å². The second-order valence-corrected chi connectivity index (χ2v) is 6.80. The highest BCUT2D eigenvalue weighted by molar-refractivity contribution is 5.46. The zero-order chi connectivity index (χ0) is 21.8. The lowest BCUT2D eigenvalue weighted by Crippen LogP contribution is -2.19. The molecule has 0 aliphatic heterocycles. The third kappa shape index (κ3) is 4.62. The summed E-state index contributed by atoms with van der Waals surface area (Å²) in [6, 6.07) is 6.17. The van der Waals surface area contributed by atoms with Crippen LogP contribution < -0.4 is 10.3 Å². The number of nitrogens with one attached hydrogen (secondary N) is 1. The van der Waals surface area contributed by atoms with Gasteiger partial charge in [0.25, 0.3) is 5.56 Å². The summed E-state index contributed by atoms with van der Waals surface area (Å²) in [5.41, 5.74) is 0.942. The number of aryl methyl sites for hydroxylation is 1. The molecule has 2 aromatic carbocycles. The first-order valence-corrected chi connectivity index (χ1v) is 9.16. The first kappa shape index (κ1) is 21.4. The molecule has 0 radical (unpaired) electrons. The minimum Gasteiger partial charge on any atom is -0.488 e. The average Bonchev–Trinajstić information content (AvgIpc) is 2.67. The van der Waals surface area contributed by atoms with Crippen LogP contribution in [-0.2, 0) is 19.4 Å². The molecule has 0 fully saturated rings. The predicted molar refractivity (Wildman–Crippen MR) is 106 cm³/mol. The quantitative estimate of drug-likeness (QED) is 0.427. The second kappa shape index (κ2) is 8.98. The zero-order valence-electron chi connectivity index (χ0n) is 16.2. The standard InChI is InChI=1S/C23H19F4NO2/c1-3-4-18-13(2)28-23(29)19(9-14-5-7-16(24)10-20(14)26)22(18)30-12-15-6-8-17(25)11-21(15)27/h3,5-8,10-11H,1,4,9,12H2,2H3,(H,28,29). The number of hydrogen-bond donors (Lipinski definition) is 1. The number of allylic oxidation sites excluding steroid dienone is 1. The van der Waals surface area contributed by atoms with Gasteiger partial charge in [0.2, 0.25) is 0 Å². The van der Waals surface area contributed by atoms with E-state index in [1.54, 1.807) is 13.0 Å². The number of ether oxygens (including phenoxy) is 1. The van der Waals surface area contributed by atoms with E-state index in [0.29, 0.717) is 17.7 Å². The van der Waals surface area contributed by atoms with E-state index >= 15 is 0 Å². The van der Waals surface area contributed by atoms with Crippen LogP contribution in [0.4, 0.5) is 17.6 Å². The lowest BCUT2D eigenvalue weighted by atomic mass is 10.00. The van der Waals surface area contributed by atoms with Crippen molar-refractivity contribution in [3.8, 4) is 5.75 Å². The van der Waals surface area contributed by atoms with Gasteiger partial charge in [-0.05, 0) is 37.1 Å². The van der Waals surface area contributed by atoms with E-state index in [1.807, 2.05) is 0 Å². The van der Waals surface area contributed by atoms with Gasteiger partial charge in [-0.15, -0.1) is 6.58 Å². The number of hydrogen-bond acceptors (Lipinski definition) is 2. The van der Waals surface area contributed by atoms with Crippen molar-refractivity contribution in [3.05, 3.63) is 111 Å². The van der Waals surface area contributed by atoms with Gasteiger partial charge in [0.1, 0.15) is 35.6 Å². The molecule has 1 aromatic heterocycles. The van der Waals surface area contributed by atoms with Crippen molar-refractivity contribution in [2.45, 2.75) is 26.4 Å². The second-order valence-electron chi connectivity index (χ2n) is 6.80. The Morgan fingerprint density at radius 3 is 2.13 bits per heavy atom. The number of halogens is 4. The fraction of sp³-hybridized carbons (Fsp3) is 0.174. The lowest BCUT2D eigenvalue weighted by Gasteiger charge is -2.17. The van der Waals surface area contributed by atoms with Gasteiger partial charge in [-0.1, -0.05) is 12.1 Å². The highest BCUT2D eigenvalue weighted by atomic mass is 19.1. The van der Waals surface area contributed by atoms with Gasteiger partial charge < -0.3 is 9.72 Å². The van der Waals surface area contributed by atoms with Crippen molar-refractivity contribution >= 4 is 0 Å². The predicted octanol–water partition coefficient (Wildman–Crippen LogP) is 5.14. The molecule has 0 spiro atoms. The molecule has 3 rings (SSSR count). The third-order valence-corrected chi connectivity index (χ3v) is 4.69. The summed E-state index contributed by atoms with van der Waals surface area (Å²) in [6.07, 6.45) is 1.78. The Labute approximate surface area is 170 Å². The van der Waals surface area contributed by atoms with E-state index in [1.165, 1.54) is 12.1 Å². The van der Waals surface area contributed by atoms with E-state index in [9.17, 15) is 22.4 Å². The van der Waals surface area contributed by atoms with Gasteiger partial charge in [-0.2, -0.15) is 0 Å². The summed E-state index contributed by atoms with van der Waals surface area (Å²) in [7, 11) is 0. The minimum atomic E-state index is -0.796. The first-order chi connectivity index (χ1) is 14.3. The lowest BCUT2D eigenvalue weighted by molar-refractivity contribution is 0.293. The van der Waals surface area contributed by atoms with E-state index < -0.39 is 28.8 Å². The van der Waals surface area contributed by atoms with Gasteiger partial charge in [0, 0.05) is 35.4 Å². The summed E-state index contributed by atoms with van der Waals surface area (Å²) in [5.74, 6) is -2.86. The molecule has 0 aliphatic carbocycles. The normalized spacial score (nSPS) is 10.8. The van der Waals surface area contributed by atoms with Crippen molar-refractivity contribution in [2.75, 3.05) is 0 Å². The maximum absolute atomic E-state index is 14.2. The number of rotatable bonds is 7. The van der Waals surface area contributed by atoms with E-state index in [-0.39, 0.29) is 35.5 Å². The highest BCUT2D eigenvalue weighted by Crippen LogP contribution is 2.28. The van der Waals surface area contributed by atoms with Crippen molar-refractivity contribution in [1.82, 2.24) is 4.98 Å². The number of benzene rings is 2. The SMILES string of the molecule is C=CCc1c(C)[nH]c(=O)c(Cc2ccc(F)cc2F)c1OCc1ccc(F)cc1F. The molecule has 0 amide bonds. The van der Waals surface area contributed by atoms with Crippen molar-refractivity contribution in [3.63, 3.8) is 0 Å². The van der Waals surface area contributed by atoms with E-state index in [2.05, 4.69) is 11.6 Å². The summed E-state index contributed by atoms with van der Waals surface area (Å²) in [6.45, 7) is 5.10. The van der Waals surface area contributed by atoms with Crippen LogP contribution >= 0.6 is 0 Å². The molecule has 0 bridgehead atoms. The van der Waals surface area contributed by atoms with Crippen LogP contribution in [0.1, 0.15) is 27.9 Å². The number of H-pyrrole nitrogens is 1. The summed E-state index contributed by atoms with van der Waals surface area (Å²) < 4.78 is 60.4. The number of pyridine rings is 1. The summed E-state index contributed by atoms with van der Waals surface area (Å²) >= 11 is 0. The molecule has 1 N–H and O–H groups in total. The number of aromatic amines is 1. The minimum absolute atomic E-state index is 0.0952. The Kier molecular flexibility index (Phi) is 6.40. The maximum Gasteiger partial charge on any atom is 0.255 e. The van der Waals surface area contributed by atoms with Crippen molar-refractivity contribution in [2.24, 2.45) is 0 Å². The van der Waals surface area contributed by atoms with Crippen molar-refractivity contribution in [1.29, 1.82) is 0 Å². The first-order valence-electron chi connectivity index (χ1n) is 9.16. The van der Waals surface area contributed by atoms with Crippen LogP contribution in [0.25, 0.3) is 0 Å². The van der Waals surface area contributed by atoms with Gasteiger partial charge in [0.15, 0.2) is 0 Å². The van der Waals surface area contributed by atoms with Crippen molar-refractivity contribution < 1.29 is 22.3 Å². The molecule has 0 atom stereocenters. The molecule has 30 heavy (non-hydrogen) atoms. The van der Waals surface area contributed by atoms with Gasteiger partial charge in [-0.25, -0.2) is 17.6 Å². The Morgan fingerprint density at radius 2 is 1.57 bits per heavy atom. The molecular formula is C23H19F4NO2. The molecule has 0 aliphatic rings. The smallest absolute Gasteiger partial charge is 0.255 e. The molecule has 0 saturated heterocycles. The monoisotopic (exact) mass is 417 g/mol. The Hall–Kier alpha value is -3.35. The van der Waals surface area contributed by atoms with Crippen LogP contribution in [-0.4, -0.2) is 4.98 Å². The molecular weight excluding hydrogens is 398 g/mol. The average molecular weight is 417 g/mol. The Bertz CT molecular complexity index is 1150. The topological polar surface area (TPSA) is 42.1 Å². The maximum atomic E-state index is 14.2. The zero-order valence-corrected chi connectivity index (χ0v) is 16.2. The fourth-order valence-corrected chi connectivity index (χ4v) is 3.15. The molecule has 3 nitrogen and oxygen atoms in total. The molecule has 156 valence electrons. The Morgan fingerprint density at radius 1 is 0.967 bits per heavy atom. The molecule has 3 aromatic rings. The fourth-order valence-electron chi connectivity index (χ4n) is 3.15. The van der Waals surface area contributed by atoms with Crippen LogP contribution in [0.2, 0.25) is 0 Å². The Balaban J connectivity index is 2.05. The van der Waals surface area contributed by atoms with Gasteiger partial charge in [0.05, 0.1) is 5.56 Å². The molecule has 1 heterocycles. The van der Waals surface area contributed by atoms with Gasteiger partial charge in [-0.3, -0.25) is 4.79 Å². The van der Waals surface area contributed by atoms with Crippen LogP contribution in [0, 0.1) is 30.2 Å². The van der Waals surface area contributed by atoms with E-state index in [4.69, 9.17) is 4.74 Å². The summed E-state index contributed by atoms with van der Waals surface area (Å²) in [4.78, 5) is 15.3. The van der Waals surface area contributed by atoms with Gasteiger partial charge >= 0.3 is 0 Å². The molecule has 0 unspecified atom stereocenters. The molecule has 0 saturated carbocycles.